The van der Waals surface area contributed by atoms with E-state index < -0.39 is 0 Å². The fourth-order valence-corrected chi connectivity index (χ4v) is 3.16. The average molecular weight is 369 g/mol. The summed E-state index contributed by atoms with van der Waals surface area (Å²) in [4.78, 5) is 12.8. The highest BCUT2D eigenvalue weighted by molar-refractivity contribution is 7.09. The summed E-state index contributed by atoms with van der Waals surface area (Å²) >= 11 is 1.09. The lowest BCUT2D eigenvalue weighted by molar-refractivity contribution is 0.0956. The first-order valence-corrected chi connectivity index (χ1v) is 8.70. The minimum atomic E-state index is -0.240. The highest BCUT2D eigenvalue weighted by Gasteiger charge is 2.18. The molecule has 1 amide bonds. The molecule has 0 aliphatic carbocycles. The number of ether oxygens (including phenoxy) is 2. The molecule has 26 heavy (non-hydrogen) atoms. The van der Waals surface area contributed by atoms with Crippen LogP contribution in [0.4, 0.5) is 5.69 Å². The zero-order chi connectivity index (χ0) is 18.5. The minimum absolute atomic E-state index is 0.240. The first-order valence-electron chi connectivity index (χ1n) is 7.93. The summed E-state index contributed by atoms with van der Waals surface area (Å²) in [5.74, 6) is 1.28. The van der Waals surface area contributed by atoms with Crippen molar-refractivity contribution in [1.29, 1.82) is 0 Å². The van der Waals surface area contributed by atoms with Crippen molar-refractivity contribution in [1.82, 2.24) is 9.69 Å². The van der Waals surface area contributed by atoms with Crippen LogP contribution in [0.3, 0.4) is 0 Å². The third-order valence-electron chi connectivity index (χ3n) is 3.91. The predicted octanol–water partition coefficient (Wildman–Crippen LogP) is 3.34. The van der Waals surface area contributed by atoms with Crippen LogP contribution in [0.25, 0.3) is 11.3 Å². The number of anilines is 1. The standard InChI is InChI=1S/C19H19N3O3S/c1-24-14-7-3-12(4-8-14)11-21-19(23)18-16(20)17(22-26-18)13-5-9-15(25-2)10-6-13/h3-10H,11,20H2,1-2H3,(H,21,23). The van der Waals surface area contributed by atoms with Crippen LogP contribution in [0.15, 0.2) is 48.5 Å². The van der Waals surface area contributed by atoms with Gasteiger partial charge in [0, 0.05) is 12.1 Å². The molecule has 0 saturated heterocycles. The molecule has 0 saturated carbocycles. The highest BCUT2D eigenvalue weighted by Crippen LogP contribution is 2.31. The van der Waals surface area contributed by atoms with Gasteiger partial charge in [-0.15, -0.1) is 0 Å². The van der Waals surface area contributed by atoms with E-state index in [1.165, 1.54) is 0 Å². The van der Waals surface area contributed by atoms with Crippen molar-refractivity contribution >= 4 is 23.1 Å². The van der Waals surface area contributed by atoms with Gasteiger partial charge in [-0.05, 0) is 53.5 Å². The van der Waals surface area contributed by atoms with E-state index in [0.717, 1.165) is 34.2 Å². The van der Waals surface area contributed by atoms with E-state index in [-0.39, 0.29) is 5.91 Å². The van der Waals surface area contributed by atoms with E-state index in [2.05, 4.69) is 9.69 Å². The van der Waals surface area contributed by atoms with Crippen LogP contribution < -0.4 is 20.5 Å². The molecule has 0 unspecified atom stereocenters. The number of amides is 1. The van der Waals surface area contributed by atoms with Gasteiger partial charge in [-0.2, -0.15) is 4.37 Å². The van der Waals surface area contributed by atoms with Gasteiger partial charge in [0.2, 0.25) is 0 Å². The fourth-order valence-electron chi connectivity index (χ4n) is 2.42. The number of hydrogen-bond donors (Lipinski definition) is 2. The number of nitrogens with one attached hydrogen (secondary N) is 1. The Hall–Kier alpha value is -3.06. The van der Waals surface area contributed by atoms with Gasteiger partial charge < -0.3 is 20.5 Å². The first kappa shape index (κ1) is 17.8. The molecule has 6 nitrogen and oxygen atoms in total. The number of nitrogens with two attached hydrogens (primary N) is 1. The van der Waals surface area contributed by atoms with E-state index in [1.807, 2.05) is 48.5 Å². The van der Waals surface area contributed by atoms with Crippen molar-refractivity contribution in [2.24, 2.45) is 0 Å². The maximum Gasteiger partial charge on any atom is 0.265 e. The largest absolute Gasteiger partial charge is 0.497 e. The van der Waals surface area contributed by atoms with Crippen LogP contribution in [0, 0.1) is 0 Å². The summed E-state index contributed by atoms with van der Waals surface area (Å²) in [6.07, 6.45) is 0. The molecule has 3 rings (SSSR count). The third-order valence-corrected chi connectivity index (χ3v) is 4.77. The smallest absolute Gasteiger partial charge is 0.265 e. The number of benzene rings is 2. The molecule has 3 aromatic rings. The Labute approximate surface area is 155 Å². The molecule has 0 spiro atoms. The van der Waals surface area contributed by atoms with E-state index >= 15 is 0 Å². The molecule has 0 fully saturated rings. The average Bonchev–Trinajstić information content (AvgIpc) is 3.08. The number of nitrogens with zero attached hydrogens (tertiary/aromatic N) is 1. The van der Waals surface area contributed by atoms with Crippen LogP contribution in [0.5, 0.6) is 11.5 Å². The van der Waals surface area contributed by atoms with Crippen LogP contribution in [-0.4, -0.2) is 24.5 Å². The van der Waals surface area contributed by atoms with Gasteiger partial charge in [-0.1, -0.05) is 12.1 Å². The van der Waals surface area contributed by atoms with Gasteiger partial charge in [0.25, 0.3) is 5.91 Å². The van der Waals surface area contributed by atoms with E-state index in [1.54, 1.807) is 14.2 Å². The number of carbonyl (C=O) groups is 1. The molecule has 2 aromatic carbocycles. The Morgan fingerprint density at radius 2 is 1.62 bits per heavy atom. The van der Waals surface area contributed by atoms with E-state index in [4.69, 9.17) is 15.2 Å². The van der Waals surface area contributed by atoms with Crippen molar-refractivity contribution < 1.29 is 14.3 Å². The summed E-state index contributed by atoms with van der Waals surface area (Å²) in [6.45, 7) is 0.401. The molecular formula is C19H19N3O3S. The molecule has 0 bridgehead atoms. The Bertz CT molecular complexity index is 889. The second kappa shape index (κ2) is 7.88. The van der Waals surface area contributed by atoms with Gasteiger partial charge in [-0.25, -0.2) is 0 Å². The van der Waals surface area contributed by atoms with Crippen molar-refractivity contribution in [2.45, 2.75) is 6.54 Å². The number of nitrogen functional groups attached to an aromatic ring is 1. The lowest BCUT2D eigenvalue weighted by Gasteiger charge is -2.06. The molecule has 0 aliphatic heterocycles. The summed E-state index contributed by atoms with van der Waals surface area (Å²) < 4.78 is 14.6. The molecule has 1 heterocycles. The van der Waals surface area contributed by atoms with Crippen molar-refractivity contribution in [2.75, 3.05) is 20.0 Å². The zero-order valence-electron chi connectivity index (χ0n) is 14.5. The molecule has 0 atom stereocenters. The van der Waals surface area contributed by atoms with Gasteiger partial charge in [-0.3, -0.25) is 4.79 Å². The SMILES string of the molecule is COc1ccc(CNC(=O)c2snc(-c3ccc(OC)cc3)c2N)cc1. The molecule has 1 aromatic heterocycles. The van der Waals surface area contributed by atoms with Gasteiger partial charge >= 0.3 is 0 Å². The third kappa shape index (κ3) is 3.78. The number of methoxy groups -OCH3 is 2. The quantitative estimate of drug-likeness (QED) is 0.696. The fraction of sp³-hybridized carbons (Fsp3) is 0.158. The first-order chi connectivity index (χ1) is 12.6. The van der Waals surface area contributed by atoms with Gasteiger partial charge in [0.05, 0.1) is 19.9 Å². The number of hydrogen-bond acceptors (Lipinski definition) is 6. The van der Waals surface area contributed by atoms with Gasteiger partial charge in [0.15, 0.2) is 0 Å². The normalized spacial score (nSPS) is 10.4. The molecule has 0 radical (unpaired) electrons. The van der Waals surface area contributed by atoms with Crippen LogP contribution in [0.2, 0.25) is 0 Å². The topological polar surface area (TPSA) is 86.5 Å². The predicted molar refractivity (Wildman–Crippen MR) is 103 cm³/mol. The molecule has 7 heteroatoms. The van der Waals surface area contributed by atoms with E-state index in [9.17, 15) is 4.79 Å². The Morgan fingerprint density at radius 3 is 2.19 bits per heavy atom. The second-order valence-corrected chi connectivity index (χ2v) is 6.31. The molecular weight excluding hydrogens is 350 g/mol. The maximum absolute atomic E-state index is 12.4. The molecule has 134 valence electrons. The van der Waals surface area contributed by atoms with Crippen molar-refractivity contribution in [3.05, 3.63) is 59.0 Å². The van der Waals surface area contributed by atoms with Crippen molar-refractivity contribution in [3.63, 3.8) is 0 Å². The maximum atomic E-state index is 12.4. The van der Waals surface area contributed by atoms with E-state index in [0.29, 0.717) is 22.8 Å². The minimum Gasteiger partial charge on any atom is -0.497 e. The van der Waals surface area contributed by atoms with Crippen molar-refractivity contribution in [3.8, 4) is 22.8 Å². The monoisotopic (exact) mass is 369 g/mol. The lowest BCUT2D eigenvalue weighted by Crippen LogP contribution is -2.22. The number of carbonyl (C=O) groups excluding carboxylic acids is 1. The second-order valence-electron chi connectivity index (χ2n) is 5.53. The Balaban J connectivity index is 1.70. The number of rotatable bonds is 6. The molecule has 0 aliphatic rings. The Morgan fingerprint density at radius 1 is 1.04 bits per heavy atom. The summed E-state index contributed by atoms with van der Waals surface area (Å²) in [5.41, 5.74) is 8.95. The van der Waals surface area contributed by atoms with Crippen LogP contribution in [0.1, 0.15) is 15.2 Å². The molecule has 3 N–H and O–H groups in total. The van der Waals surface area contributed by atoms with Gasteiger partial charge in [0.1, 0.15) is 22.1 Å². The summed E-state index contributed by atoms with van der Waals surface area (Å²) in [7, 11) is 3.22. The summed E-state index contributed by atoms with van der Waals surface area (Å²) in [6, 6.07) is 14.9. The van der Waals surface area contributed by atoms with Crippen LogP contribution >= 0.6 is 11.5 Å². The zero-order valence-corrected chi connectivity index (χ0v) is 15.3. The number of aromatic nitrogens is 1. The Kier molecular flexibility index (Phi) is 5.38. The summed E-state index contributed by atoms with van der Waals surface area (Å²) in [5, 5.41) is 2.87. The highest BCUT2D eigenvalue weighted by atomic mass is 32.1. The van der Waals surface area contributed by atoms with Crippen LogP contribution in [-0.2, 0) is 6.54 Å². The lowest BCUT2D eigenvalue weighted by atomic mass is 10.1.